The molecule has 0 saturated heterocycles. The molecule has 2 aromatic rings. The highest BCUT2D eigenvalue weighted by Gasteiger charge is 2.08. The van der Waals surface area contributed by atoms with E-state index in [-0.39, 0.29) is 5.97 Å². The van der Waals surface area contributed by atoms with Crippen molar-refractivity contribution in [3.63, 3.8) is 0 Å². The Kier molecular flexibility index (Phi) is 4.30. The van der Waals surface area contributed by atoms with Crippen molar-refractivity contribution in [1.29, 1.82) is 0 Å². The summed E-state index contributed by atoms with van der Waals surface area (Å²) in [6, 6.07) is 7.29. The number of benzene rings is 1. The van der Waals surface area contributed by atoms with Gasteiger partial charge < -0.3 is 10.1 Å². The minimum atomic E-state index is -0.342. The van der Waals surface area contributed by atoms with Crippen LogP contribution in [0.15, 0.2) is 30.5 Å². The summed E-state index contributed by atoms with van der Waals surface area (Å²) < 4.78 is 4.72. The number of aryl methyl sites for hydroxylation is 2. The zero-order chi connectivity index (χ0) is 14.5. The van der Waals surface area contributed by atoms with E-state index in [2.05, 4.69) is 15.3 Å². The van der Waals surface area contributed by atoms with Crippen molar-refractivity contribution in [2.45, 2.75) is 20.4 Å². The quantitative estimate of drug-likeness (QED) is 0.865. The molecule has 5 heteroatoms. The van der Waals surface area contributed by atoms with Gasteiger partial charge in [0.25, 0.3) is 0 Å². The van der Waals surface area contributed by atoms with Crippen molar-refractivity contribution in [2.24, 2.45) is 0 Å². The number of carbonyl (C=O) groups is 1. The van der Waals surface area contributed by atoms with Gasteiger partial charge in [0.15, 0.2) is 0 Å². The first-order chi connectivity index (χ1) is 9.60. The smallest absolute Gasteiger partial charge is 0.337 e. The SMILES string of the molecule is COC(=O)c1ccc(C)c(NCc2ccnc(C)n2)c1. The lowest BCUT2D eigenvalue weighted by molar-refractivity contribution is 0.0601. The van der Waals surface area contributed by atoms with Gasteiger partial charge in [-0.15, -0.1) is 0 Å². The molecule has 1 aromatic carbocycles. The van der Waals surface area contributed by atoms with Gasteiger partial charge in [0.2, 0.25) is 0 Å². The molecular formula is C15H17N3O2. The number of aromatic nitrogens is 2. The first kappa shape index (κ1) is 14.0. The molecule has 0 aliphatic carbocycles. The average Bonchev–Trinajstić information content (AvgIpc) is 2.45. The van der Waals surface area contributed by atoms with Crippen LogP contribution >= 0.6 is 0 Å². The Morgan fingerprint density at radius 3 is 2.80 bits per heavy atom. The summed E-state index contributed by atoms with van der Waals surface area (Å²) in [5, 5.41) is 3.28. The van der Waals surface area contributed by atoms with Gasteiger partial charge in [0.05, 0.1) is 24.9 Å². The van der Waals surface area contributed by atoms with E-state index in [1.54, 1.807) is 18.3 Å². The van der Waals surface area contributed by atoms with Crippen LogP contribution in [0.4, 0.5) is 5.69 Å². The van der Waals surface area contributed by atoms with E-state index in [9.17, 15) is 4.79 Å². The van der Waals surface area contributed by atoms with Crippen LogP contribution in [0.1, 0.15) is 27.4 Å². The van der Waals surface area contributed by atoms with Crippen LogP contribution in [0.3, 0.4) is 0 Å². The fourth-order valence-corrected chi connectivity index (χ4v) is 1.85. The summed E-state index contributed by atoms with van der Waals surface area (Å²) in [5.41, 5.74) is 3.38. The van der Waals surface area contributed by atoms with E-state index in [0.717, 1.165) is 22.8 Å². The Balaban J connectivity index is 2.14. The van der Waals surface area contributed by atoms with Gasteiger partial charge in [-0.3, -0.25) is 0 Å². The summed E-state index contributed by atoms with van der Waals surface area (Å²) >= 11 is 0. The van der Waals surface area contributed by atoms with Gasteiger partial charge >= 0.3 is 5.97 Å². The third kappa shape index (κ3) is 3.32. The van der Waals surface area contributed by atoms with Crippen molar-refractivity contribution in [1.82, 2.24) is 9.97 Å². The van der Waals surface area contributed by atoms with Crippen molar-refractivity contribution < 1.29 is 9.53 Å². The van der Waals surface area contributed by atoms with E-state index in [1.165, 1.54) is 7.11 Å². The first-order valence-electron chi connectivity index (χ1n) is 6.31. The second-order valence-corrected chi connectivity index (χ2v) is 4.47. The van der Waals surface area contributed by atoms with Crippen LogP contribution in [0.5, 0.6) is 0 Å². The molecule has 0 saturated carbocycles. The number of carbonyl (C=O) groups excluding carboxylic acids is 1. The number of methoxy groups -OCH3 is 1. The molecule has 0 aliphatic rings. The maximum Gasteiger partial charge on any atom is 0.337 e. The molecule has 0 bridgehead atoms. The summed E-state index contributed by atoms with van der Waals surface area (Å²) in [6.45, 7) is 4.41. The molecule has 1 heterocycles. The molecule has 0 amide bonds. The predicted molar refractivity (Wildman–Crippen MR) is 76.6 cm³/mol. The normalized spacial score (nSPS) is 10.2. The fourth-order valence-electron chi connectivity index (χ4n) is 1.85. The van der Waals surface area contributed by atoms with Crippen LogP contribution in [-0.2, 0) is 11.3 Å². The number of hydrogen-bond acceptors (Lipinski definition) is 5. The van der Waals surface area contributed by atoms with Gasteiger partial charge in [-0.05, 0) is 37.6 Å². The van der Waals surface area contributed by atoms with Crippen LogP contribution in [0.2, 0.25) is 0 Å². The number of nitrogens with zero attached hydrogens (tertiary/aromatic N) is 2. The third-order valence-electron chi connectivity index (χ3n) is 2.95. The Bertz CT molecular complexity index is 626. The standard InChI is InChI=1S/C15H17N3O2/c1-10-4-5-12(15(19)20-3)8-14(10)17-9-13-6-7-16-11(2)18-13/h4-8,17H,9H2,1-3H3. The first-order valence-corrected chi connectivity index (χ1v) is 6.31. The Labute approximate surface area is 118 Å². The third-order valence-corrected chi connectivity index (χ3v) is 2.95. The lowest BCUT2D eigenvalue weighted by atomic mass is 10.1. The second-order valence-electron chi connectivity index (χ2n) is 4.47. The molecular weight excluding hydrogens is 254 g/mol. The molecule has 0 fully saturated rings. The van der Waals surface area contributed by atoms with Crippen LogP contribution < -0.4 is 5.32 Å². The summed E-state index contributed by atoms with van der Waals surface area (Å²) in [4.78, 5) is 19.9. The largest absolute Gasteiger partial charge is 0.465 e. The molecule has 104 valence electrons. The molecule has 1 aromatic heterocycles. The van der Waals surface area contributed by atoms with Crippen LogP contribution in [-0.4, -0.2) is 23.0 Å². The molecule has 0 atom stereocenters. The highest BCUT2D eigenvalue weighted by atomic mass is 16.5. The lowest BCUT2D eigenvalue weighted by Gasteiger charge is -2.11. The van der Waals surface area contributed by atoms with Gasteiger partial charge in [0.1, 0.15) is 5.82 Å². The molecule has 1 N–H and O–H groups in total. The number of rotatable bonds is 4. The minimum Gasteiger partial charge on any atom is -0.465 e. The highest BCUT2D eigenvalue weighted by Crippen LogP contribution is 2.18. The van der Waals surface area contributed by atoms with Gasteiger partial charge in [-0.2, -0.15) is 0 Å². The fraction of sp³-hybridized carbons (Fsp3) is 0.267. The number of esters is 1. The Morgan fingerprint density at radius 1 is 1.30 bits per heavy atom. The van der Waals surface area contributed by atoms with E-state index < -0.39 is 0 Å². The maximum atomic E-state index is 11.5. The number of anilines is 1. The van der Waals surface area contributed by atoms with E-state index >= 15 is 0 Å². The van der Waals surface area contributed by atoms with Crippen molar-refractivity contribution in [2.75, 3.05) is 12.4 Å². The number of nitrogens with one attached hydrogen (secondary N) is 1. The Morgan fingerprint density at radius 2 is 2.10 bits per heavy atom. The van der Waals surface area contributed by atoms with Crippen molar-refractivity contribution in [3.05, 3.63) is 53.1 Å². The summed E-state index contributed by atoms with van der Waals surface area (Å²) in [5.74, 6) is 0.398. The molecule has 0 aliphatic heterocycles. The minimum absolute atomic E-state index is 0.342. The monoisotopic (exact) mass is 271 g/mol. The van der Waals surface area contributed by atoms with E-state index in [0.29, 0.717) is 12.1 Å². The van der Waals surface area contributed by atoms with Crippen LogP contribution in [0.25, 0.3) is 0 Å². The van der Waals surface area contributed by atoms with Gasteiger partial charge in [0, 0.05) is 11.9 Å². The molecule has 0 spiro atoms. The Hall–Kier alpha value is -2.43. The van der Waals surface area contributed by atoms with Crippen molar-refractivity contribution >= 4 is 11.7 Å². The van der Waals surface area contributed by atoms with E-state index in [1.807, 2.05) is 26.0 Å². The second kappa shape index (κ2) is 6.14. The molecule has 20 heavy (non-hydrogen) atoms. The molecule has 5 nitrogen and oxygen atoms in total. The lowest BCUT2D eigenvalue weighted by Crippen LogP contribution is -2.07. The van der Waals surface area contributed by atoms with Gasteiger partial charge in [-0.1, -0.05) is 6.07 Å². The predicted octanol–water partition coefficient (Wildman–Crippen LogP) is 2.49. The zero-order valence-electron chi connectivity index (χ0n) is 11.8. The van der Waals surface area contributed by atoms with Crippen molar-refractivity contribution in [3.8, 4) is 0 Å². The van der Waals surface area contributed by atoms with E-state index in [4.69, 9.17) is 4.74 Å². The molecule has 2 rings (SSSR count). The zero-order valence-corrected chi connectivity index (χ0v) is 11.8. The summed E-state index contributed by atoms with van der Waals surface area (Å²) in [6.07, 6.45) is 1.73. The summed E-state index contributed by atoms with van der Waals surface area (Å²) in [7, 11) is 1.37. The number of hydrogen-bond donors (Lipinski definition) is 1. The molecule has 0 unspecified atom stereocenters. The maximum absolute atomic E-state index is 11.5. The van der Waals surface area contributed by atoms with Crippen LogP contribution in [0, 0.1) is 13.8 Å². The molecule has 0 radical (unpaired) electrons. The number of ether oxygens (including phenoxy) is 1. The van der Waals surface area contributed by atoms with Gasteiger partial charge in [-0.25, -0.2) is 14.8 Å². The average molecular weight is 271 g/mol. The highest BCUT2D eigenvalue weighted by molar-refractivity contribution is 5.90. The topological polar surface area (TPSA) is 64.1 Å².